The van der Waals surface area contributed by atoms with E-state index in [1.165, 1.54) is 0 Å². The van der Waals surface area contributed by atoms with Crippen molar-refractivity contribution in [1.29, 1.82) is 0 Å². The lowest BCUT2D eigenvalue weighted by atomic mass is 9.97. The summed E-state index contributed by atoms with van der Waals surface area (Å²) in [6.07, 6.45) is 5.27. The first-order chi connectivity index (χ1) is 27.2. The number of allylic oxidation sites excluding steroid dienone is 1. The van der Waals surface area contributed by atoms with Crippen LogP contribution in [0.25, 0.3) is 106 Å². The standard InChI is InChI=1S/C49H32N6/c1-3-21-37-31(13-1)15-11-25-41(37)47-52-46(53-48(54-47)42-26-12-16-32-14-2-4-22-38(32)42)36-20-10-18-34(30-36)33-17-9-19-35(29-33)44-39-23-5-6-24-40(39)45-49(51-44)55-28-8-7-27-43(55)50-45/h1-7,9-27,29-30H,8,28H2. The van der Waals surface area contributed by atoms with Crippen molar-refractivity contribution >= 4 is 49.6 Å². The maximum absolute atomic E-state index is 5.31. The second-order valence-electron chi connectivity index (χ2n) is 14.0. The third-order valence-corrected chi connectivity index (χ3v) is 10.7. The summed E-state index contributed by atoms with van der Waals surface area (Å²) in [5.41, 5.74) is 8.90. The number of fused-ring (bicyclic) bond motifs is 7. The Balaban J connectivity index is 1.06. The van der Waals surface area contributed by atoms with Gasteiger partial charge in [0.15, 0.2) is 23.1 Å². The highest BCUT2D eigenvalue weighted by Gasteiger charge is 2.20. The molecule has 10 aromatic rings. The van der Waals surface area contributed by atoms with Gasteiger partial charge in [-0.05, 0) is 57.3 Å². The van der Waals surface area contributed by atoms with Crippen molar-refractivity contribution in [3.63, 3.8) is 0 Å². The first-order valence-corrected chi connectivity index (χ1v) is 18.6. The molecule has 11 rings (SSSR count). The van der Waals surface area contributed by atoms with Crippen molar-refractivity contribution in [2.45, 2.75) is 13.0 Å². The first kappa shape index (κ1) is 31.2. The normalized spacial score (nSPS) is 12.5. The number of aromatic nitrogens is 6. The van der Waals surface area contributed by atoms with Gasteiger partial charge in [0.25, 0.3) is 0 Å². The average molecular weight is 705 g/mol. The molecule has 7 aromatic carbocycles. The van der Waals surface area contributed by atoms with Crippen molar-refractivity contribution in [3.8, 4) is 56.5 Å². The highest BCUT2D eigenvalue weighted by atomic mass is 15.1. The Hall–Kier alpha value is -7.31. The zero-order valence-electron chi connectivity index (χ0n) is 29.8. The lowest BCUT2D eigenvalue weighted by molar-refractivity contribution is 0.704. The number of aryl methyl sites for hydroxylation is 1. The summed E-state index contributed by atoms with van der Waals surface area (Å²) in [7, 11) is 0. The van der Waals surface area contributed by atoms with Crippen LogP contribution in [0.3, 0.4) is 0 Å². The molecule has 0 N–H and O–H groups in total. The molecule has 0 fully saturated rings. The van der Waals surface area contributed by atoms with E-state index in [9.17, 15) is 0 Å². The molecule has 0 amide bonds. The van der Waals surface area contributed by atoms with Crippen molar-refractivity contribution < 1.29 is 0 Å². The SMILES string of the molecule is C1=Cc2nc3c4ccccc4c(-c4cccc(-c5cccc(-c6nc(-c7cccc8ccccc78)nc(-c7cccc8ccccc78)n6)c5)c4)nc3n2CC1. The molecule has 0 saturated carbocycles. The van der Waals surface area contributed by atoms with E-state index in [-0.39, 0.29) is 0 Å². The number of benzene rings is 7. The van der Waals surface area contributed by atoms with Gasteiger partial charge in [0.1, 0.15) is 11.3 Å². The molecule has 258 valence electrons. The highest BCUT2D eigenvalue weighted by molar-refractivity contribution is 6.09. The zero-order valence-corrected chi connectivity index (χ0v) is 29.8. The van der Waals surface area contributed by atoms with Gasteiger partial charge in [-0.2, -0.15) is 0 Å². The number of pyridine rings is 1. The lowest BCUT2D eigenvalue weighted by Crippen LogP contribution is -2.04. The molecule has 0 radical (unpaired) electrons. The van der Waals surface area contributed by atoms with Crippen LogP contribution >= 0.6 is 0 Å². The Labute approximate surface area is 317 Å². The minimum absolute atomic E-state index is 0.622. The molecule has 3 aromatic heterocycles. The molecule has 1 aliphatic rings. The molecule has 6 nitrogen and oxygen atoms in total. The molecule has 55 heavy (non-hydrogen) atoms. The zero-order chi connectivity index (χ0) is 36.3. The Morgan fingerprint density at radius 3 is 1.64 bits per heavy atom. The van der Waals surface area contributed by atoms with E-state index in [2.05, 4.69) is 174 Å². The van der Waals surface area contributed by atoms with Crippen LogP contribution in [-0.4, -0.2) is 29.5 Å². The molecule has 0 atom stereocenters. The average Bonchev–Trinajstić information content (AvgIpc) is 3.64. The van der Waals surface area contributed by atoms with Crippen LogP contribution < -0.4 is 0 Å². The van der Waals surface area contributed by atoms with E-state index in [0.717, 1.165) is 101 Å². The Bertz CT molecular complexity index is 3070. The van der Waals surface area contributed by atoms with Crippen LogP contribution in [0.4, 0.5) is 0 Å². The third kappa shape index (κ3) is 5.30. The molecule has 0 aliphatic carbocycles. The van der Waals surface area contributed by atoms with Crippen LogP contribution in [-0.2, 0) is 6.54 Å². The van der Waals surface area contributed by atoms with E-state index in [4.69, 9.17) is 24.9 Å². The first-order valence-electron chi connectivity index (χ1n) is 18.6. The maximum atomic E-state index is 5.31. The number of rotatable bonds is 5. The van der Waals surface area contributed by atoms with Gasteiger partial charge in [-0.1, -0.05) is 152 Å². The molecule has 0 spiro atoms. The van der Waals surface area contributed by atoms with Crippen LogP contribution in [0.1, 0.15) is 12.2 Å². The number of imidazole rings is 1. The molecule has 0 saturated heterocycles. The van der Waals surface area contributed by atoms with E-state index < -0.39 is 0 Å². The summed E-state index contributed by atoms with van der Waals surface area (Å²) in [6.45, 7) is 0.876. The largest absolute Gasteiger partial charge is 0.309 e. The number of hydrogen-bond donors (Lipinski definition) is 0. The topological polar surface area (TPSA) is 69.4 Å². The molecular formula is C49H32N6. The Morgan fingerprint density at radius 2 is 0.945 bits per heavy atom. The fraction of sp³-hybridized carbons (Fsp3) is 0.0408. The Kier molecular flexibility index (Phi) is 7.20. The summed E-state index contributed by atoms with van der Waals surface area (Å²) in [5.74, 6) is 2.87. The molecular weight excluding hydrogens is 673 g/mol. The lowest BCUT2D eigenvalue weighted by Gasteiger charge is -2.13. The van der Waals surface area contributed by atoms with Crippen LogP contribution in [0.15, 0.2) is 164 Å². The minimum Gasteiger partial charge on any atom is -0.309 e. The van der Waals surface area contributed by atoms with Crippen LogP contribution in [0, 0.1) is 0 Å². The van der Waals surface area contributed by atoms with Gasteiger partial charge in [0, 0.05) is 39.6 Å². The van der Waals surface area contributed by atoms with Gasteiger partial charge in [-0.25, -0.2) is 24.9 Å². The summed E-state index contributed by atoms with van der Waals surface area (Å²) in [6, 6.07) is 55.0. The van der Waals surface area contributed by atoms with Crippen molar-refractivity contribution in [2.75, 3.05) is 0 Å². The van der Waals surface area contributed by atoms with Crippen LogP contribution in [0.2, 0.25) is 0 Å². The second kappa shape index (κ2) is 12.7. The molecule has 6 heteroatoms. The van der Waals surface area contributed by atoms with Gasteiger partial charge >= 0.3 is 0 Å². The van der Waals surface area contributed by atoms with E-state index in [0.29, 0.717) is 17.5 Å². The molecule has 0 bridgehead atoms. The van der Waals surface area contributed by atoms with Gasteiger partial charge < -0.3 is 4.57 Å². The summed E-state index contributed by atoms with van der Waals surface area (Å²) >= 11 is 0. The summed E-state index contributed by atoms with van der Waals surface area (Å²) in [5, 5.41) is 6.69. The van der Waals surface area contributed by atoms with Crippen molar-refractivity contribution in [2.24, 2.45) is 0 Å². The van der Waals surface area contributed by atoms with Crippen LogP contribution in [0.5, 0.6) is 0 Å². The predicted octanol–water partition coefficient (Wildman–Crippen LogP) is 11.8. The molecule has 1 aliphatic heterocycles. The summed E-state index contributed by atoms with van der Waals surface area (Å²) < 4.78 is 2.24. The highest BCUT2D eigenvalue weighted by Crippen LogP contribution is 2.37. The summed E-state index contributed by atoms with van der Waals surface area (Å²) in [4.78, 5) is 25.8. The van der Waals surface area contributed by atoms with Crippen molar-refractivity contribution in [3.05, 3.63) is 170 Å². The number of nitrogens with zero attached hydrogens (tertiary/aromatic N) is 6. The van der Waals surface area contributed by atoms with E-state index >= 15 is 0 Å². The predicted molar refractivity (Wildman–Crippen MR) is 224 cm³/mol. The fourth-order valence-corrected chi connectivity index (χ4v) is 8.05. The molecule has 4 heterocycles. The van der Waals surface area contributed by atoms with Gasteiger partial charge in [0.2, 0.25) is 0 Å². The monoisotopic (exact) mass is 704 g/mol. The molecule has 0 unspecified atom stereocenters. The Morgan fingerprint density at radius 1 is 0.418 bits per heavy atom. The third-order valence-electron chi connectivity index (χ3n) is 10.7. The van der Waals surface area contributed by atoms with Gasteiger partial charge in [-0.3, -0.25) is 0 Å². The maximum Gasteiger partial charge on any atom is 0.164 e. The van der Waals surface area contributed by atoms with E-state index in [1.54, 1.807) is 0 Å². The second-order valence-corrected chi connectivity index (χ2v) is 14.0. The minimum atomic E-state index is 0.622. The van der Waals surface area contributed by atoms with Gasteiger partial charge in [0.05, 0.1) is 5.69 Å². The fourth-order valence-electron chi connectivity index (χ4n) is 8.05. The van der Waals surface area contributed by atoms with Crippen molar-refractivity contribution in [1.82, 2.24) is 29.5 Å². The quantitative estimate of drug-likeness (QED) is 0.178. The van der Waals surface area contributed by atoms with Gasteiger partial charge in [-0.15, -0.1) is 0 Å². The smallest absolute Gasteiger partial charge is 0.164 e. The van der Waals surface area contributed by atoms with E-state index in [1.807, 2.05) is 0 Å². The number of hydrogen-bond acceptors (Lipinski definition) is 5.